The van der Waals surface area contributed by atoms with E-state index in [2.05, 4.69) is 4.74 Å². The Morgan fingerprint density at radius 1 is 1.29 bits per heavy atom. The van der Waals surface area contributed by atoms with E-state index in [0.29, 0.717) is 6.54 Å². The summed E-state index contributed by atoms with van der Waals surface area (Å²) in [7, 11) is -2.44. The quantitative estimate of drug-likeness (QED) is 0.783. The molecular weight excluding hydrogens is 290 g/mol. The van der Waals surface area contributed by atoms with Crippen LogP contribution in [-0.4, -0.2) is 38.4 Å². The molecule has 5 nitrogen and oxygen atoms in total. The van der Waals surface area contributed by atoms with Gasteiger partial charge in [-0.1, -0.05) is 31.9 Å². The first-order chi connectivity index (χ1) is 10.0. The van der Waals surface area contributed by atoms with Crippen LogP contribution in [0, 0.1) is 0 Å². The monoisotopic (exact) mass is 311 g/mol. The van der Waals surface area contributed by atoms with Crippen LogP contribution in [0.25, 0.3) is 0 Å². The predicted octanol–water partition coefficient (Wildman–Crippen LogP) is 2.43. The van der Waals surface area contributed by atoms with Gasteiger partial charge in [0.2, 0.25) is 10.0 Å². The van der Waals surface area contributed by atoms with Crippen LogP contribution >= 0.6 is 0 Å². The lowest BCUT2D eigenvalue weighted by Gasteiger charge is -2.27. The summed E-state index contributed by atoms with van der Waals surface area (Å²) in [4.78, 5) is 11.8. The summed E-state index contributed by atoms with van der Waals surface area (Å²) in [6, 6.07) is 6.25. The first kappa shape index (κ1) is 16.0. The molecule has 0 radical (unpaired) electrons. The largest absolute Gasteiger partial charge is 0.465 e. The lowest BCUT2D eigenvalue weighted by atomic mass is 10.2. The second-order valence-electron chi connectivity index (χ2n) is 5.13. The van der Waals surface area contributed by atoms with Crippen molar-refractivity contribution in [3.8, 4) is 0 Å². The van der Waals surface area contributed by atoms with Gasteiger partial charge >= 0.3 is 5.97 Å². The van der Waals surface area contributed by atoms with Crippen molar-refractivity contribution in [3.05, 3.63) is 29.8 Å². The molecule has 2 rings (SSSR count). The van der Waals surface area contributed by atoms with Crippen molar-refractivity contribution in [2.45, 2.75) is 43.5 Å². The standard InChI is InChI=1S/C15H21NO4S/c1-3-16(12-8-4-5-9-12)21(18,19)14-11-7-6-10-13(14)15(17)20-2/h6-7,10-12H,3-5,8-9H2,1-2H3. The highest BCUT2D eigenvalue weighted by molar-refractivity contribution is 7.89. The maximum atomic E-state index is 12.9. The first-order valence-corrected chi connectivity index (χ1v) is 8.65. The molecule has 1 aromatic rings. The number of carbonyl (C=O) groups excluding carboxylic acids is 1. The van der Waals surface area contributed by atoms with Crippen LogP contribution < -0.4 is 0 Å². The van der Waals surface area contributed by atoms with Crippen molar-refractivity contribution in [2.24, 2.45) is 0 Å². The zero-order valence-corrected chi connectivity index (χ0v) is 13.2. The fourth-order valence-corrected chi connectivity index (χ4v) is 4.79. The minimum absolute atomic E-state index is 0.0330. The van der Waals surface area contributed by atoms with Gasteiger partial charge in [-0.05, 0) is 25.0 Å². The molecule has 0 saturated heterocycles. The Balaban J connectivity index is 2.45. The maximum Gasteiger partial charge on any atom is 0.339 e. The van der Waals surface area contributed by atoms with E-state index in [-0.39, 0.29) is 16.5 Å². The maximum absolute atomic E-state index is 12.9. The van der Waals surface area contributed by atoms with Crippen LogP contribution in [0.15, 0.2) is 29.2 Å². The van der Waals surface area contributed by atoms with E-state index in [1.165, 1.54) is 23.5 Å². The van der Waals surface area contributed by atoms with Crippen molar-refractivity contribution in [1.82, 2.24) is 4.31 Å². The highest BCUT2D eigenvalue weighted by Gasteiger charge is 2.34. The molecule has 0 aromatic heterocycles. The summed E-state index contributed by atoms with van der Waals surface area (Å²) in [5.74, 6) is -0.628. The molecule has 116 valence electrons. The SMILES string of the molecule is CCN(C1CCCC1)S(=O)(=O)c1ccccc1C(=O)OC. The molecule has 1 fully saturated rings. The molecular formula is C15H21NO4S. The number of hydrogen-bond donors (Lipinski definition) is 0. The minimum Gasteiger partial charge on any atom is -0.465 e. The third-order valence-electron chi connectivity index (χ3n) is 3.92. The predicted molar refractivity (Wildman–Crippen MR) is 79.6 cm³/mol. The summed E-state index contributed by atoms with van der Waals surface area (Å²) < 4.78 is 32.0. The highest BCUT2D eigenvalue weighted by atomic mass is 32.2. The van der Waals surface area contributed by atoms with Crippen LogP contribution in [0.5, 0.6) is 0 Å². The fourth-order valence-electron chi connectivity index (χ4n) is 2.91. The van der Waals surface area contributed by atoms with Crippen LogP contribution in [0.3, 0.4) is 0 Å². The molecule has 1 aliphatic rings. The average molecular weight is 311 g/mol. The van der Waals surface area contributed by atoms with Crippen molar-refractivity contribution >= 4 is 16.0 Å². The molecule has 0 amide bonds. The van der Waals surface area contributed by atoms with E-state index < -0.39 is 16.0 Å². The van der Waals surface area contributed by atoms with E-state index in [9.17, 15) is 13.2 Å². The fraction of sp³-hybridized carbons (Fsp3) is 0.533. The van der Waals surface area contributed by atoms with E-state index in [0.717, 1.165) is 25.7 Å². The van der Waals surface area contributed by atoms with Crippen molar-refractivity contribution in [3.63, 3.8) is 0 Å². The molecule has 0 spiro atoms. The molecule has 0 aliphatic heterocycles. The van der Waals surface area contributed by atoms with Crippen molar-refractivity contribution < 1.29 is 17.9 Å². The van der Waals surface area contributed by atoms with Gasteiger partial charge in [-0.15, -0.1) is 0 Å². The molecule has 0 atom stereocenters. The van der Waals surface area contributed by atoms with Gasteiger partial charge in [0.25, 0.3) is 0 Å². The number of sulfonamides is 1. The summed E-state index contributed by atoms with van der Waals surface area (Å²) in [6.45, 7) is 2.24. The smallest absolute Gasteiger partial charge is 0.339 e. The van der Waals surface area contributed by atoms with E-state index in [1.807, 2.05) is 6.92 Å². The molecule has 1 aliphatic carbocycles. The van der Waals surface area contributed by atoms with Gasteiger partial charge < -0.3 is 4.74 Å². The summed E-state index contributed by atoms with van der Waals surface area (Å²) >= 11 is 0. The van der Waals surface area contributed by atoms with E-state index in [1.54, 1.807) is 12.1 Å². The van der Waals surface area contributed by atoms with Crippen LogP contribution in [0.4, 0.5) is 0 Å². The van der Waals surface area contributed by atoms with Gasteiger partial charge in [0.1, 0.15) is 0 Å². The lowest BCUT2D eigenvalue weighted by molar-refractivity contribution is 0.0596. The second kappa shape index (κ2) is 6.58. The highest BCUT2D eigenvalue weighted by Crippen LogP contribution is 2.29. The molecule has 0 unspecified atom stereocenters. The second-order valence-corrected chi connectivity index (χ2v) is 6.99. The van der Waals surface area contributed by atoms with Gasteiger partial charge in [-0.3, -0.25) is 0 Å². The van der Waals surface area contributed by atoms with Crippen molar-refractivity contribution in [2.75, 3.05) is 13.7 Å². The number of carbonyl (C=O) groups is 1. The lowest BCUT2D eigenvalue weighted by Crippen LogP contribution is -2.39. The number of methoxy groups -OCH3 is 1. The third-order valence-corrected chi connectivity index (χ3v) is 6.01. The third kappa shape index (κ3) is 3.11. The molecule has 1 aromatic carbocycles. The number of nitrogens with zero attached hydrogens (tertiary/aromatic N) is 1. The zero-order valence-electron chi connectivity index (χ0n) is 12.4. The van der Waals surface area contributed by atoms with Gasteiger partial charge in [-0.25, -0.2) is 13.2 Å². The summed E-state index contributed by atoms with van der Waals surface area (Å²) in [6.07, 6.45) is 3.87. The average Bonchev–Trinajstić information content (AvgIpc) is 3.01. The first-order valence-electron chi connectivity index (χ1n) is 7.21. The Morgan fingerprint density at radius 3 is 2.48 bits per heavy atom. The van der Waals surface area contributed by atoms with Gasteiger partial charge in [0, 0.05) is 12.6 Å². The zero-order chi connectivity index (χ0) is 15.5. The molecule has 21 heavy (non-hydrogen) atoms. The number of hydrogen-bond acceptors (Lipinski definition) is 4. The number of ether oxygens (including phenoxy) is 1. The van der Waals surface area contributed by atoms with Crippen LogP contribution in [-0.2, 0) is 14.8 Å². The summed E-state index contributed by atoms with van der Waals surface area (Å²) in [5, 5.41) is 0. The van der Waals surface area contributed by atoms with Crippen LogP contribution in [0.1, 0.15) is 43.0 Å². The summed E-state index contributed by atoms with van der Waals surface area (Å²) in [5.41, 5.74) is 0.0939. The number of esters is 1. The van der Waals surface area contributed by atoms with Gasteiger partial charge in [0.15, 0.2) is 0 Å². The van der Waals surface area contributed by atoms with Crippen molar-refractivity contribution in [1.29, 1.82) is 0 Å². The Hall–Kier alpha value is -1.40. The van der Waals surface area contributed by atoms with Gasteiger partial charge in [0.05, 0.1) is 17.6 Å². The molecule has 0 heterocycles. The van der Waals surface area contributed by atoms with Crippen LogP contribution in [0.2, 0.25) is 0 Å². The Morgan fingerprint density at radius 2 is 1.90 bits per heavy atom. The molecule has 0 bridgehead atoms. The Bertz CT molecular complexity index is 606. The Labute approximate surface area is 126 Å². The molecule has 6 heteroatoms. The van der Waals surface area contributed by atoms with E-state index in [4.69, 9.17) is 0 Å². The molecule has 0 N–H and O–H groups in total. The Kier molecular flexibility index (Phi) is 5.00. The van der Waals surface area contributed by atoms with Gasteiger partial charge in [-0.2, -0.15) is 4.31 Å². The normalized spacial score (nSPS) is 16.3. The topological polar surface area (TPSA) is 63.7 Å². The number of rotatable bonds is 5. The molecule has 1 saturated carbocycles. The number of benzene rings is 1. The minimum atomic E-state index is -3.69. The van der Waals surface area contributed by atoms with E-state index >= 15 is 0 Å².